The number of aryl methyl sites for hydroxylation is 2. The molecule has 0 saturated heterocycles. The van der Waals surface area contributed by atoms with E-state index in [-0.39, 0.29) is 5.91 Å². The van der Waals surface area contributed by atoms with E-state index in [4.69, 9.17) is 16.3 Å². The number of thiazole rings is 1. The maximum absolute atomic E-state index is 12.2. The Balaban J connectivity index is 1.47. The Kier molecular flexibility index (Phi) is 7.06. The zero-order chi connectivity index (χ0) is 19.9. The van der Waals surface area contributed by atoms with Crippen molar-refractivity contribution < 1.29 is 9.53 Å². The lowest BCUT2D eigenvalue weighted by atomic mass is 10.1. The maximum Gasteiger partial charge on any atom is 0.226 e. The van der Waals surface area contributed by atoms with Crippen LogP contribution in [0, 0.1) is 6.92 Å². The number of nitrogens with one attached hydrogen (secondary N) is 1. The monoisotopic (exact) mass is 414 g/mol. The third-order valence-corrected chi connectivity index (χ3v) is 5.41. The van der Waals surface area contributed by atoms with Crippen LogP contribution in [0.25, 0.3) is 11.3 Å². The molecular weight excluding hydrogens is 392 g/mol. The van der Waals surface area contributed by atoms with Gasteiger partial charge < -0.3 is 10.1 Å². The van der Waals surface area contributed by atoms with E-state index in [1.54, 1.807) is 0 Å². The molecule has 0 radical (unpaired) electrons. The molecule has 146 valence electrons. The molecule has 0 bridgehead atoms. The molecule has 3 rings (SSSR count). The van der Waals surface area contributed by atoms with Crippen LogP contribution in [0.2, 0.25) is 5.02 Å². The molecule has 0 aliphatic carbocycles. The standard InChI is InChI=1S/C22H23ClN2O2S/c1-3-16-9-11-19(12-10-16)27-13-5-8-20(26)24-22-25-21(15(2)28-22)17-6-4-7-18(23)14-17/h4,6-7,9-12,14H,3,5,8,13H2,1-2H3,(H,24,25,26). The van der Waals surface area contributed by atoms with Crippen molar-refractivity contribution in [1.29, 1.82) is 0 Å². The maximum atomic E-state index is 12.2. The summed E-state index contributed by atoms with van der Waals surface area (Å²) in [5.74, 6) is 0.774. The molecule has 0 unspecified atom stereocenters. The topological polar surface area (TPSA) is 51.2 Å². The molecule has 1 amide bonds. The van der Waals surface area contributed by atoms with Gasteiger partial charge in [-0.1, -0.05) is 42.8 Å². The highest BCUT2D eigenvalue weighted by molar-refractivity contribution is 7.16. The molecule has 28 heavy (non-hydrogen) atoms. The lowest BCUT2D eigenvalue weighted by Gasteiger charge is -2.06. The number of hydrogen-bond donors (Lipinski definition) is 1. The highest BCUT2D eigenvalue weighted by Gasteiger charge is 2.12. The van der Waals surface area contributed by atoms with Crippen molar-refractivity contribution in [2.45, 2.75) is 33.1 Å². The molecule has 0 fully saturated rings. The highest BCUT2D eigenvalue weighted by atomic mass is 35.5. The molecule has 1 aromatic heterocycles. The van der Waals surface area contributed by atoms with E-state index < -0.39 is 0 Å². The number of carbonyl (C=O) groups excluding carboxylic acids is 1. The van der Waals surface area contributed by atoms with Gasteiger partial charge in [-0.15, -0.1) is 11.3 Å². The van der Waals surface area contributed by atoms with Gasteiger partial charge in [0.2, 0.25) is 5.91 Å². The minimum absolute atomic E-state index is 0.0590. The molecule has 1 heterocycles. The van der Waals surface area contributed by atoms with Crippen LogP contribution in [-0.2, 0) is 11.2 Å². The van der Waals surface area contributed by atoms with Gasteiger partial charge in [-0.2, -0.15) is 0 Å². The molecule has 0 aliphatic rings. The largest absolute Gasteiger partial charge is 0.494 e. The number of halogens is 1. The molecule has 4 nitrogen and oxygen atoms in total. The fourth-order valence-corrected chi connectivity index (χ4v) is 3.82. The van der Waals surface area contributed by atoms with Crippen LogP contribution in [0.1, 0.15) is 30.2 Å². The van der Waals surface area contributed by atoms with E-state index in [1.807, 2.05) is 43.3 Å². The van der Waals surface area contributed by atoms with Crippen molar-refractivity contribution in [2.75, 3.05) is 11.9 Å². The lowest BCUT2D eigenvalue weighted by Crippen LogP contribution is -2.12. The number of hydrogen-bond acceptors (Lipinski definition) is 4. The molecule has 2 aromatic carbocycles. The van der Waals surface area contributed by atoms with Gasteiger partial charge in [-0.3, -0.25) is 4.79 Å². The molecule has 0 aliphatic heterocycles. The predicted molar refractivity (Wildman–Crippen MR) is 116 cm³/mol. The number of aromatic nitrogens is 1. The van der Waals surface area contributed by atoms with Gasteiger partial charge in [-0.25, -0.2) is 4.98 Å². The van der Waals surface area contributed by atoms with Crippen molar-refractivity contribution in [3.63, 3.8) is 0 Å². The second kappa shape index (κ2) is 9.71. The Morgan fingerprint density at radius 2 is 2.00 bits per heavy atom. The van der Waals surface area contributed by atoms with Gasteiger partial charge in [0.1, 0.15) is 5.75 Å². The van der Waals surface area contributed by atoms with Crippen LogP contribution in [0.4, 0.5) is 5.13 Å². The van der Waals surface area contributed by atoms with Crippen LogP contribution in [0.3, 0.4) is 0 Å². The first kappa shape index (κ1) is 20.4. The summed E-state index contributed by atoms with van der Waals surface area (Å²) in [6, 6.07) is 15.6. The summed E-state index contributed by atoms with van der Waals surface area (Å²) in [6.45, 7) is 4.61. The molecule has 6 heteroatoms. The van der Waals surface area contributed by atoms with E-state index in [0.29, 0.717) is 29.6 Å². The van der Waals surface area contributed by atoms with Crippen molar-refractivity contribution >= 4 is 34.0 Å². The number of benzene rings is 2. The number of nitrogens with zero attached hydrogens (tertiary/aromatic N) is 1. The summed E-state index contributed by atoms with van der Waals surface area (Å²) in [5.41, 5.74) is 3.08. The van der Waals surface area contributed by atoms with Crippen molar-refractivity contribution in [1.82, 2.24) is 4.98 Å². The van der Waals surface area contributed by atoms with Gasteiger partial charge in [0, 0.05) is 21.9 Å². The molecule has 0 spiro atoms. The molecule has 0 saturated carbocycles. The van der Waals surface area contributed by atoms with E-state index >= 15 is 0 Å². The van der Waals surface area contributed by atoms with E-state index in [2.05, 4.69) is 29.4 Å². The van der Waals surface area contributed by atoms with Crippen LogP contribution in [-0.4, -0.2) is 17.5 Å². The minimum atomic E-state index is -0.0590. The van der Waals surface area contributed by atoms with Gasteiger partial charge in [0.15, 0.2) is 5.13 Å². The smallest absolute Gasteiger partial charge is 0.226 e. The van der Waals surface area contributed by atoms with E-state index in [9.17, 15) is 4.79 Å². The van der Waals surface area contributed by atoms with Gasteiger partial charge >= 0.3 is 0 Å². The summed E-state index contributed by atoms with van der Waals surface area (Å²) in [6.07, 6.45) is 2.04. The average Bonchev–Trinajstić information content (AvgIpc) is 3.05. The first-order valence-corrected chi connectivity index (χ1v) is 10.5. The third-order valence-electron chi connectivity index (χ3n) is 4.29. The normalized spacial score (nSPS) is 10.7. The summed E-state index contributed by atoms with van der Waals surface area (Å²) < 4.78 is 5.69. The molecule has 1 N–H and O–H groups in total. The van der Waals surface area contributed by atoms with Gasteiger partial charge in [0.25, 0.3) is 0 Å². The Bertz CT molecular complexity index is 938. The Morgan fingerprint density at radius 1 is 1.21 bits per heavy atom. The molecular formula is C22H23ClN2O2S. The highest BCUT2D eigenvalue weighted by Crippen LogP contribution is 2.31. The molecule has 3 aromatic rings. The number of amides is 1. The Labute approximate surface area is 174 Å². The summed E-state index contributed by atoms with van der Waals surface area (Å²) >= 11 is 7.53. The fraction of sp³-hybridized carbons (Fsp3) is 0.273. The first-order chi connectivity index (χ1) is 13.5. The average molecular weight is 415 g/mol. The van der Waals surface area contributed by atoms with Crippen LogP contribution in [0.15, 0.2) is 48.5 Å². The quantitative estimate of drug-likeness (QED) is 0.451. The van der Waals surface area contributed by atoms with Crippen LogP contribution >= 0.6 is 22.9 Å². The lowest BCUT2D eigenvalue weighted by molar-refractivity contribution is -0.116. The van der Waals surface area contributed by atoms with Crippen molar-refractivity contribution in [3.8, 4) is 17.0 Å². The van der Waals surface area contributed by atoms with E-state index in [0.717, 1.165) is 28.3 Å². The fourth-order valence-electron chi connectivity index (χ4n) is 2.78. The minimum Gasteiger partial charge on any atom is -0.494 e. The summed E-state index contributed by atoms with van der Waals surface area (Å²) in [5, 5.41) is 4.15. The zero-order valence-electron chi connectivity index (χ0n) is 16.0. The number of rotatable bonds is 8. The Morgan fingerprint density at radius 3 is 2.71 bits per heavy atom. The van der Waals surface area contributed by atoms with Crippen LogP contribution in [0.5, 0.6) is 5.75 Å². The SMILES string of the molecule is CCc1ccc(OCCCC(=O)Nc2nc(-c3cccc(Cl)c3)c(C)s2)cc1. The van der Waals surface area contributed by atoms with Crippen molar-refractivity contribution in [2.24, 2.45) is 0 Å². The van der Waals surface area contributed by atoms with Crippen LogP contribution < -0.4 is 10.1 Å². The van der Waals surface area contributed by atoms with Gasteiger partial charge in [-0.05, 0) is 49.6 Å². The zero-order valence-corrected chi connectivity index (χ0v) is 17.6. The van der Waals surface area contributed by atoms with E-state index in [1.165, 1.54) is 16.9 Å². The van der Waals surface area contributed by atoms with Gasteiger partial charge in [0.05, 0.1) is 12.3 Å². The first-order valence-electron chi connectivity index (χ1n) is 9.30. The third kappa shape index (κ3) is 5.57. The predicted octanol–water partition coefficient (Wildman–Crippen LogP) is 6.13. The number of carbonyl (C=O) groups is 1. The number of anilines is 1. The molecule has 0 atom stereocenters. The second-order valence-electron chi connectivity index (χ2n) is 6.43. The van der Waals surface area contributed by atoms with Crippen molar-refractivity contribution in [3.05, 3.63) is 64.0 Å². The summed E-state index contributed by atoms with van der Waals surface area (Å²) in [4.78, 5) is 17.8. The summed E-state index contributed by atoms with van der Waals surface area (Å²) in [7, 11) is 0. The number of ether oxygens (including phenoxy) is 1. The second-order valence-corrected chi connectivity index (χ2v) is 8.07. The Hall–Kier alpha value is -2.37.